The third kappa shape index (κ3) is 2.36. The molecule has 4 heteroatoms. The largest absolute Gasteiger partial charge is 0.478 e. The quantitative estimate of drug-likeness (QED) is 0.885. The highest BCUT2D eigenvalue weighted by molar-refractivity contribution is 6.01. The van der Waals surface area contributed by atoms with Crippen molar-refractivity contribution in [3.63, 3.8) is 0 Å². The molecule has 4 nitrogen and oxygen atoms in total. The molecule has 2 N–H and O–H groups in total. The van der Waals surface area contributed by atoms with Crippen LogP contribution in [0, 0.1) is 0 Å². The van der Waals surface area contributed by atoms with Crippen molar-refractivity contribution in [1.29, 1.82) is 0 Å². The second-order valence-corrected chi connectivity index (χ2v) is 5.11. The number of carbonyl (C=O) groups is 1. The molecule has 100 valence electrons. The van der Waals surface area contributed by atoms with Gasteiger partial charge in [-0.1, -0.05) is 25.0 Å². The van der Waals surface area contributed by atoms with Crippen molar-refractivity contribution in [3.05, 3.63) is 35.6 Å². The summed E-state index contributed by atoms with van der Waals surface area (Å²) >= 11 is 0. The molecule has 1 saturated carbocycles. The summed E-state index contributed by atoms with van der Waals surface area (Å²) in [7, 11) is 0. The lowest BCUT2D eigenvalue weighted by atomic mass is 10.1. The van der Waals surface area contributed by atoms with E-state index >= 15 is 0 Å². The summed E-state index contributed by atoms with van der Waals surface area (Å²) in [5.74, 6) is -0.949. The van der Waals surface area contributed by atoms with E-state index in [1.165, 1.54) is 25.7 Å². The van der Waals surface area contributed by atoms with Crippen LogP contribution < -0.4 is 5.32 Å². The van der Waals surface area contributed by atoms with E-state index in [1.54, 1.807) is 18.4 Å². The number of carboxylic acid groups (broad SMARTS) is 1. The predicted octanol–water partition coefficient (Wildman–Crippen LogP) is 3.16. The monoisotopic (exact) mass is 259 g/mol. The summed E-state index contributed by atoms with van der Waals surface area (Å²) in [6.07, 6.45) is 6.73. The van der Waals surface area contributed by atoms with Crippen molar-refractivity contribution in [1.82, 2.24) is 5.32 Å². The number of benzene rings is 1. The van der Waals surface area contributed by atoms with E-state index in [0.29, 0.717) is 11.6 Å². The summed E-state index contributed by atoms with van der Waals surface area (Å²) in [6, 6.07) is 5.84. The van der Waals surface area contributed by atoms with Gasteiger partial charge in [-0.3, -0.25) is 0 Å². The number of furan rings is 1. The van der Waals surface area contributed by atoms with E-state index in [9.17, 15) is 4.79 Å². The lowest BCUT2D eigenvalue weighted by Crippen LogP contribution is -2.25. The van der Waals surface area contributed by atoms with Crippen LogP contribution in [0.2, 0.25) is 0 Å². The minimum atomic E-state index is -0.949. The van der Waals surface area contributed by atoms with Crippen LogP contribution in [0.15, 0.2) is 28.9 Å². The Morgan fingerprint density at radius 3 is 2.89 bits per heavy atom. The van der Waals surface area contributed by atoms with Crippen LogP contribution in [0.4, 0.5) is 0 Å². The fourth-order valence-electron chi connectivity index (χ4n) is 2.80. The van der Waals surface area contributed by atoms with Crippen molar-refractivity contribution in [2.75, 3.05) is 0 Å². The molecule has 0 aliphatic heterocycles. The van der Waals surface area contributed by atoms with Crippen molar-refractivity contribution >= 4 is 16.9 Å². The Kier molecular flexibility index (Phi) is 3.25. The lowest BCUT2D eigenvalue weighted by molar-refractivity contribution is 0.0698. The standard InChI is InChI=1S/C15H17NO3/c17-15(18)13-7-3-6-12-10(9-19-14(12)13)8-16-11-4-1-2-5-11/h3,6-7,9,11,16H,1-2,4-5,8H2,(H,17,18). The number of nitrogens with one attached hydrogen (secondary N) is 1. The lowest BCUT2D eigenvalue weighted by Gasteiger charge is -2.10. The fourth-order valence-corrected chi connectivity index (χ4v) is 2.80. The first kappa shape index (κ1) is 12.2. The molecule has 1 aliphatic rings. The van der Waals surface area contributed by atoms with Crippen LogP contribution in [0.3, 0.4) is 0 Å². The summed E-state index contributed by atoms with van der Waals surface area (Å²) in [4.78, 5) is 11.1. The molecule has 1 fully saturated rings. The van der Waals surface area contributed by atoms with Gasteiger partial charge in [0.2, 0.25) is 0 Å². The van der Waals surface area contributed by atoms with Gasteiger partial charge in [-0.25, -0.2) is 4.79 Å². The SMILES string of the molecule is O=C(O)c1cccc2c(CNC3CCCC3)coc12. The summed E-state index contributed by atoms with van der Waals surface area (Å²) in [5, 5.41) is 13.5. The minimum absolute atomic E-state index is 0.226. The molecular formula is C15H17NO3. The van der Waals surface area contributed by atoms with Crippen LogP contribution in [-0.2, 0) is 6.54 Å². The highest BCUT2D eigenvalue weighted by Gasteiger charge is 2.17. The number of para-hydroxylation sites is 1. The molecule has 0 radical (unpaired) electrons. The van der Waals surface area contributed by atoms with E-state index in [4.69, 9.17) is 9.52 Å². The molecule has 3 rings (SSSR count). The highest BCUT2D eigenvalue weighted by Crippen LogP contribution is 2.25. The summed E-state index contributed by atoms with van der Waals surface area (Å²) in [6.45, 7) is 0.737. The molecule has 2 aromatic rings. The number of hydrogen-bond donors (Lipinski definition) is 2. The highest BCUT2D eigenvalue weighted by atomic mass is 16.4. The third-order valence-corrected chi connectivity index (χ3v) is 3.85. The molecule has 1 aromatic heterocycles. The summed E-state index contributed by atoms with van der Waals surface area (Å²) in [5.41, 5.74) is 1.73. The van der Waals surface area contributed by atoms with Crippen LogP contribution in [-0.4, -0.2) is 17.1 Å². The minimum Gasteiger partial charge on any atom is -0.478 e. The maximum atomic E-state index is 11.1. The number of fused-ring (bicyclic) bond motifs is 1. The van der Waals surface area contributed by atoms with Crippen molar-refractivity contribution in [3.8, 4) is 0 Å². The molecule has 0 spiro atoms. The Hall–Kier alpha value is -1.81. The predicted molar refractivity (Wildman–Crippen MR) is 72.3 cm³/mol. The smallest absolute Gasteiger partial charge is 0.339 e. The van der Waals surface area contributed by atoms with Gasteiger partial charge in [0.05, 0.1) is 6.26 Å². The van der Waals surface area contributed by atoms with Gasteiger partial charge < -0.3 is 14.8 Å². The van der Waals surface area contributed by atoms with Gasteiger partial charge in [0.25, 0.3) is 0 Å². The first-order valence-electron chi connectivity index (χ1n) is 6.71. The second-order valence-electron chi connectivity index (χ2n) is 5.11. The van der Waals surface area contributed by atoms with Crippen molar-refractivity contribution < 1.29 is 14.3 Å². The first-order chi connectivity index (χ1) is 9.25. The first-order valence-corrected chi connectivity index (χ1v) is 6.71. The van der Waals surface area contributed by atoms with E-state index in [0.717, 1.165) is 17.5 Å². The number of rotatable bonds is 4. The third-order valence-electron chi connectivity index (χ3n) is 3.85. The zero-order valence-corrected chi connectivity index (χ0v) is 10.7. The van der Waals surface area contributed by atoms with Crippen LogP contribution in [0.1, 0.15) is 41.6 Å². The van der Waals surface area contributed by atoms with Gasteiger partial charge in [0.15, 0.2) is 0 Å². The average Bonchev–Trinajstić information content (AvgIpc) is 3.05. The number of carboxylic acids is 1. The van der Waals surface area contributed by atoms with E-state index in [1.807, 2.05) is 6.07 Å². The van der Waals surface area contributed by atoms with Gasteiger partial charge in [-0.05, 0) is 18.9 Å². The Morgan fingerprint density at radius 2 is 2.16 bits per heavy atom. The van der Waals surface area contributed by atoms with Gasteiger partial charge in [0.1, 0.15) is 11.1 Å². The summed E-state index contributed by atoms with van der Waals surface area (Å²) < 4.78 is 5.44. The van der Waals surface area contributed by atoms with Crippen molar-refractivity contribution in [2.45, 2.75) is 38.3 Å². The van der Waals surface area contributed by atoms with Crippen molar-refractivity contribution in [2.24, 2.45) is 0 Å². The molecule has 0 amide bonds. The Bertz CT molecular complexity index is 596. The topological polar surface area (TPSA) is 62.5 Å². The van der Waals surface area contributed by atoms with E-state index in [-0.39, 0.29) is 5.56 Å². The molecule has 1 aromatic carbocycles. The maximum absolute atomic E-state index is 11.1. The van der Waals surface area contributed by atoms with E-state index < -0.39 is 5.97 Å². The molecular weight excluding hydrogens is 242 g/mol. The fraction of sp³-hybridized carbons (Fsp3) is 0.400. The molecule has 0 atom stereocenters. The molecule has 0 bridgehead atoms. The Morgan fingerprint density at radius 1 is 1.37 bits per heavy atom. The molecule has 0 saturated heterocycles. The van der Waals surface area contributed by atoms with Gasteiger partial charge >= 0.3 is 5.97 Å². The number of hydrogen-bond acceptors (Lipinski definition) is 3. The van der Waals surface area contributed by atoms with Crippen LogP contribution in [0.5, 0.6) is 0 Å². The Balaban J connectivity index is 1.84. The van der Waals surface area contributed by atoms with Crippen LogP contribution >= 0.6 is 0 Å². The molecule has 19 heavy (non-hydrogen) atoms. The Labute approximate surface area is 111 Å². The zero-order valence-electron chi connectivity index (χ0n) is 10.7. The van der Waals surface area contributed by atoms with Gasteiger partial charge in [-0.2, -0.15) is 0 Å². The van der Waals surface area contributed by atoms with Gasteiger partial charge in [0, 0.05) is 23.5 Å². The van der Waals surface area contributed by atoms with Gasteiger partial charge in [-0.15, -0.1) is 0 Å². The average molecular weight is 259 g/mol. The van der Waals surface area contributed by atoms with Crippen LogP contribution in [0.25, 0.3) is 11.0 Å². The molecule has 1 heterocycles. The second kappa shape index (κ2) is 5.05. The zero-order chi connectivity index (χ0) is 13.2. The number of aromatic carboxylic acids is 1. The molecule has 0 unspecified atom stereocenters. The molecule has 1 aliphatic carbocycles. The van der Waals surface area contributed by atoms with E-state index in [2.05, 4.69) is 5.32 Å². The normalized spacial score (nSPS) is 16.2. The maximum Gasteiger partial charge on any atom is 0.339 e.